The average molecular weight is 212 g/mol. The first kappa shape index (κ1) is 11.2. The van der Waals surface area contributed by atoms with E-state index in [4.69, 9.17) is 0 Å². The highest BCUT2D eigenvalue weighted by molar-refractivity contribution is 7.90. The SMILES string of the molecule is Cc1ccc(C(C)CS(C)(=O)=O)cc1. The summed E-state index contributed by atoms with van der Waals surface area (Å²) in [5, 5.41) is 0. The summed E-state index contributed by atoms with van der Waals surface area (Å²) >= 11 is 0. The topological polar surface area (TPSA) is 34.1 Å². The Kier molecular flexibility index (Phi) is 3.32. The third kappa shape index (κ3) is 3.50. The van der Waals surface area contributed by atoms with Gasteiger partial charge in [-0.1, -0.05) is 36.8 Å². The normalized spacial score (nSPS) is 13.9. The van der Waals surface area contributed by atoms with Crippen molar-refractivity contribution in [3.8, 4) is 0 Å². The Morgan fingerprint density at radius 3 is 2.14 bits per heavy atom. The number of hydrogen-bond donors (Lipinski definition) is 0. The van der Waals surface area contributed by atoms with Crippen molar-refractivity contribution in [1.82, 2.24) is 0 Å². The Labute approximate surface area is 85.9 Å². The van der Waals surface area contributed by atoms with E-state index in [1.54, 1.807) is 0 Å². The van der Waals surface area contributed by atoms with E-state index in [2.05, 4.69) is 0 Å². The molecule has 78 valence electrons. The standard InChI is InChI=1S/C11H16O2S/c1-9-4-6-11(7-5-9)10(2)8-14(3,12)13/h4-7,10H,8H2,1-3H3. The molecule has 0 radical (unpaired) electrons. The van der Waals surface area contributed by atoms with Crippen LogP contribution in [0.1, 0.15) is 24.0 Å². The minimum atomic E-state index is -2.88. The molecule has 14 heavy (non-hydrogen) atoms. The maximum Gasteiger partial charge on any atom is 0.148 e. The lowest BCUT2D eigenvalue weighted by Crippen LogP contribution is -2.10. The fraction of sp³-hybridized carbons (Fsp3) is 0.455. The largest absolute Gasteiger partial charge is 0.229 e. The second kappa shape index (κ2) is 4.13. The van der Waals surface area contributed by atoms with Crippen molar-refractivity contribution in [3.63, 3.8) is 0 Å². The monoisotopic (exact) mass is 212 g/mol. The second-order valence-corrected chi connectivity index (χ2v) is 6.09. The van der Waals surface area contributed by atoms with Crippen LogP contribution >= 0.6 is 0 Å². The van der Waals surface area contributed by atoms with Crippen LogP contribution in [-0.4, -0.2) is 20.4 Å². The molecule has 1 aromatic carbocycles. The highest BCUT2D eigenvalue weighted by Gasteiger charge is 2.11. The van der Waals surface area contributed by atoms with Gasteiger partial charge in [0.25, 0.3) is 0 Å². The number of hydrogen-bond acceptors (Lipinski definition) is 2. The summed E-state index contributed by atoms with van der Waals surface area (Å²) in [6.07, 6.45) is 1.28. The number of benzene rings is 1. The molecule has 0 spiro atoms. The van der Waals surface area contributed by atoms with Gasteiger partial charge in [0.05, 0.1) is 5.75 Å². The molecular formula is C11H16O2S. The third-order valence-electron chi connectivity index (χ3n) is 2.20. The van der Waals surface area contributed by atoms with E-state index in [-0.39, 0.29) is 11.7 Å². The zero-order valence-corrected chi connectivity index (χ0v) is 9.64. The van der Waals surface area contributed by atoms with E-state index in [1.165, 1.54) is 11.8 Å². The molecule has 0 fully saturated rings. The minimum Gasteiger partial charge on any atom is -0.229 e. The molecule has 0 aliphatic carbocycles. The smallest absolute Gasteiger partial charge is 0.148 e. The molecule has 1 unspecified atom stereocenters. The summed E-state index contributed by atoms with van der Waals surface area (Å²) in [5.74, 6) is 0.293. The lowest BCUT2D eigenvalue weighted by atomic mass is 10.0. The van der Waals surface area contributed by atoms with Gasteiger partial charge in [-0.15, -0.1) is 0 Å². The first-order valence-electron chi connectivity index (χ1n) is 4.63. The minimum absolute atomic E-state index is 0.0746. The van der Waals surface area contributed by atoms with Gasteiger partial charge in [-0.3, -0.25) is 0 Å². The van der Waals surface area contributed by atoms with Gasteiger partial charge in [0.1, 0.15) is 9.84 Å². The average Bonchev–Trinajstić information content (AvgIpc) is 2.02. The molecule has 0 aliphatic rings. The van der Waals surface area contributed by atoms with Gasteiger partial charge in [0, 0.05) is 6.26 Å². The van der Waals surface area contributed by atoms with Crippen molar-refractivity contribution >= 4 is 9.84 Å². The van der Waals surface area contributed by atoms with Crippen LogP contribution in [0.3, 0.4) is 0 Å². The van der Waals surface area contributed by atoms with Crippen LogP contribution < -0.4 is 0 Å². The van der Waals surface area contributed by atoms with E-state index >= 15 is 0 Å². The van der Waals surface area contributed by atoms with E-state index in [1.807, 2.05) is 38.1 Å². The van der Waals surface area contributed by atoms with Gasteiger partial charge in [0.15, 0.2) is 0 Å². The maximum absolute atomic E-state index is 11.1. The molecule has 1 aromatic rings. The van der Waals surface area contributed by atoms with Crippen LogP contribution in [0.5, 0.6) is 0 Å². The molecular weight excluding hydrogens is 196 g/mol. The lowest BCUT2D eigenvalue weighted by molar-refractivity contribution is 0.596. The lowest BCUT2D eigenvalue weighted by Gasteiger charge is -2.10. The Morgan fingerprint density at radius 2 is 1.71 bits per heavy atom. The summed E-state index contributed by atoms with van der Waals surface area (Å²) in [6, 6.07) is 8.00. The molecule has 1 atom stereocenters. The highest BCUT2D eigenvalue weighted by atomic mass is 32.2. The summed E-state index contributed by atoms with van der Waals surface area (Å²) < 4.78 is 22.2. The van der Waals surface area contributed by atoms with E-state index in [9.17, 15) is 8.42 Å². The Morgan fingerprint density at radius 1 is 1.21 bits per heavy atom. The Bertz CT molecular complexity index is 390. The third-order valence-corrected chi connectivity index (χ3v) is 3.30. The summed E-state index contributed by atoms with van der Waals surface area (Å²) in [4.78, 5) is 0. The van der Waals surface area contributed by atoms with Crippen LogP contribution in [0.2, 0.25) is 0 Å². The van der Waals surface area contributed by atoms with Gasteiger partial charge in [-0.05, 0) is 18.4 Å². The fourth-order valence-electron chi connectivity index (χ4n) is 1.45. The molecule has 0 aliphatic heterocycles. The summed E-state index contributed by atoms with van der Waals surface area (Å²) in [6.45, 7) is 3.96. The predicted molar refractivity (Wildman–Crippen MR) is 59.3 cm³/mol. The first-order valence-corrected chi connectivity index (χ1v) is 6.69. The summed E-state index contributed by atoms with van der Waals surface area (Å²) in [5.41, 5.74) is 2.28. The van der Waals surface area contributed by atoms with Crippen LogP contribution in [0.4, 0.5) is 0 Å². The predicted octanol–water partition coefficient (Wildman–Crippen LogP) is 2.14. The number of sulfone groups is 1. The highest BCUT2D eigenvalue weighted by Crippen LogP contribution is 2.17. The van der Waals surface area contributed by atoms with Gasteiger partial charge < -0.3 is 0 Å². The van der Waals surface area contributed by atoms with E-state index in [0.29, 0.717) is 0 Å². The van der Waals surface area contributed by atoms with Crippen molar-refractivity contribution < 1.29 is 8.42 Å². The van der Waals surface area contributed by atoms with Crippen molar-refractivity contribution in [2.75, 3.05) is 12.0 Å². The quantitative estimate of drug-likeness (QED) is 0.769. The summed E-state index contributed by atoms with van der Waals surface area (Å²) in [7, 11) is -2.88. The van der Waals surface area contributed by atoms with Crippen molar-refractivity contribution in [2.24, 2.45) is 0 Å². The molecule has 2 nitrogen and oxygen atoms in total. The van der Waals surface area contributed by atoms with Gasteiger partial charge >= 0.3 is 0 Å². The molecule has 0 saturated carbocycles. The zero-order valence-electron chi connectivity index (χ0n) is 8.82. The van der Waals surface area contributed by atoms with Crippen LogP contribution in [-0.2, 0) is 9.84 Å². The molecule has 0 heterocycles. The van der Waals surface area contributed by atoms with Crippen molar-refractivity contribution in [3.05, 3.63) is 35.4 Å². The molecule has 0 saturated heterocycles. The zero-order chi connectivity index (χ0) is 10.8. The fourth-order valence-corrected chi connectivity index (χ4v) is 2.55. The first-order chi connectivity index (χ1) is 6.38. The Hall–Kier alpha value is -0.830. The molecule has 0 amide bonds. The molecule has 3 heteroatoms. The molecule has 0 N–H and O–H groups in total. The molecule has 0 aromatic heterocycles. The second-order valence-electron chi connectivity index (χ2n) is 3.90. The maximum atomic E-state index is 11.1. The number of aryl methyl sites for hydroxylation is 1. The van der Waals surface area contributed by atoms with Crippen LogP contribution in [0.25, 0.3) is 0 Å². The Balaban J connectivity index is 2.80. The van der Waals surface area contributed by atoms with Gasteiger partial charge in [-0.25, -0.2) is 8.42 Å². The van der Waals surface area contributed by atoms with Gasteiger partial charge in [-0.2, -0.15) is 0 Å². The molecule has 0 bridgehead atoms. The van der Waals surface area contributed by atoms with E-state index in [0.717, 1.165) is 5.56 Å². The van der Waals surface area contributed by atoms with Gasteiger partial charge in [0.2, 0.25) is 0 Å². The van der Waals surface area contributed by atoms with Crippen molar-refractivity contribution in [1.29, 1.82) is 0 Å². The van der Waals surface area contributed by atoms with Crippen molar-refractivity contribution in [2.45, 2.75) is 19.8 Å². The van der Waals surface area contributed by atoms with Crippen LogP contribution in [0.15, 0.2) is 24.3 Å². The molecule has 1 rings (SSSR count). The number of rotatable bonds is 3. The van der Waals surface area contributed by atoms with E-state index < -0.39 is 9.84 Å². The van der Waals surface area contributed by atoms with Crippen LogP contribution in [0, 0.1) is 6.92 Å².